The second-order valence-corrected chi connectivity index (χ2v) is 4.96. The molecule has 0 amide bonds. The smallest absolute Gasteiger partial charge is 0.328 e. The monoisotopic (exact) mass is 292 g/mol. The standard InChI is InChI=1S/C15H20N2O4/c1-4-9-16(11(2)3)14-7-6-13(17(20)21)10-12(14)5-8-15(18)19/h5-8,10-11H,4,9H2,1-3H3,(H,18,19)/b8-5+. The van der Waals surface area contributed by atoms with Crippen molar-refractivity contribution in [1.29, 1.82) is 0 Å². The summed E-state index contributed by atoms with van der Waals surface area (Å²) < 4.78 is 0. The molecule has 1 aromatic rings. The second-order valence-electron chi connectivity index (χ2n) is 4.96. The number of benzene rings is 1. The second kappa shape index (κ2) is 7.42. The van der Waals surface area contributed by atoms with Crippen molar-refractivity contribution in [2.45, 2.75) is 33.2 Å². The van der Waals surface area contributed by atoms with Crippen LogP contribution in [0.1, 0.15) is 32.8 Å². The van der Waals surface area contributed by atoms with E-state index in [9.17, 15) is 14.9 Å². The number of carbonyl (C=O) groups is 1. The molecule has 21 heavy (non-hydrogen) atoms. The first-order valence-corrected chi connectivity index (χ1v) is 6.83. The van der Waals surface area contributed by atoms with Crippen molar-refractivity contribution in [2.24, 2.45) is 0 Å². The van der Waals surface area contributed by atoms with Gasteiger partial charge in [-0.1, -0.05) is 6.92 Å². The summed E-state index contributed by atoms with van der Waals surface area (Å²) in [5, 5.41) is 19.6. The van der Waals surface area contributed by atoms with Gasteiger partial charge >= 0.3 is 5.97 Å². The molecule has 0 heterocycles. The maximum absolute atomic E-state index is 10.9. The SMILES string of the molecule is CCCN(c1ccc([N+](=O)[O-])cc1/C=C/C(=O)O)C(C)C. The average molecular weight is 292 g/mol. The average Bonchev–Trinajstić information content (AvgIpc) is 2.42. The number of carboxylic acids is 1. The fraction of sp³-hybridized carbons (Fsp3) is 0.400. The molecule has 0 spiro atoms. The summed E-state index contributed by atoms with van der Waals surface area (Å²) in [5.41, 5.74) is 1.28. The van der Waals surface area contributed by atoms with Gasteiger partial charge in [-0.05, 0) is 32.4 Å². The Morgan fingerprint density at radius 2 is 2.14 bits per heavy atom. The Labute approximate surface area is 123 Å². The van der Waals surface area contributed by atoms with Gasteiger partial charge < -0.3 is 10.0 Å². The molecule has 0 bridgehead atoms. The maximum atomic E-state index is 10.9. The molecule has 6 heteroatoms. The zero-order valence-corrected chi connectivity index (χ0v) is 12.4. The maximum Gasteiger partial charge on any atom is 0.328 e. The molecule has 0 aliphatic heterocycles. The molecule has 0 aliphatic rings. The van der Waals surface area contributed by atoms with Crippen LogP contribution in [0.4, 0.5) is 11.4 Å². The molecule has 1 aromatic carbocycles. The van der Waals surface area contributed by atoms with Crippen LogP contribution >= 0.6 is 0 Å². The van der Waals surface area contributed by atoms with Gasteiger partial charge in [0.15, 0.2) is 0 Å². The molecule has 0 saturated heterocycles. The van der Waals surface area contributed by atoms with Gasteiger partial charge in [-0.3, -0.25) is 10.1 Å². The third-order valence-electron chi connectivity index (χ3n) is 3.02. The minimum atomic E-state index is -1.08. The molecule has 114 valence electrons. The Morgan fingerprint density at radius 1 is 1.48 bits per heavy atom. The number of anilines is 1. The molecule has 0 radical (unpaired) electrons. The van der Waals surface area contributed by atoms with Crippen LogP contribution in [0.5, 0.6) is 0 Å². The quantitative estimate of drug-likeness (QED) is 0.473. The van der Waals surface area contributed by atoms with Crippen LogP contribution in [0.25, 0.3) is 6.08 Å². The number of nitro groups is 1. The van der Waals surface area contributed by atoms with Gasteiger partial charge in [-0.2, -0.15) is 0 Å². The lowest BCUT2D eigenvalue weighted by molar-refractivity contribution is -0.384. The topological polar surface area (TPSA) is 83.7 Å². The summed E-state index contributed by atoms with van der Waals surface area (Å²) in [6.45, 7) is 6.90. The number of carboxylic acid groups (broad SMARTS) is 1. The van der Waals surface area contributed by atoms with E-state index in [1.54, 1.807) is 6.07 Å². The molecular formula is C15H20N2O4. The first-order chi connectivity index (χ1) is 9.86. The molecular weight excluding hydrogens is 272 g/mol. The van der Waals surface area contributed by atoms with Crippen LogP contribution in [0.2, 0.25) is 0 Å². The van der Waals surface area contributed by atoms with Gasteiger partial charge in [0.05, 0.1) is 4.92 Å². The molecule has 0 aliphatic carbocycles. The minimum Gasteiger partial charge on any atom is -0.478 e. The van der Waals surface area contributed by atoms with Crippen LogP contribution in [0.3, 0.4) is 0 Å². The number of hydrogen-bond acceptors (Lipinski definition) is 4. The summed E-state index contributed by atoms with van der Waals surface area (Å²) in [5.74, 6) is -1.08. The number of nitrogens with zero attached hydrogens (tertiary/aromatic N) is 2. The lowest BCUT2D eigenvalue weighted by atomic mass is 10.1. The third-order valence-corrected chi connectivity index (χ3v) is 3.02. The zero-order chi connectivity index (χ0) is 16.0. The Kier molecular flexibility index (Phi) is 5.90. The number of non-ortho nitro benzene ring substituents is 1. The molecule has 0 unspecified atom stereocenters. The summed E-state index contributed by atoms with van der Waals surface area (Å²) in [7, 11) is 0. The summed E-state index contributed by atoms with van der Waals surface area (Å²) in [4.78, 5) is 23.2. The molecule has 1 N–H and O–H groups in total. The Balaban J connectivity index is 3.34. The van der Waals surface area contributed by atoms with E-state index < -0.39 is 10.9 Å². The molecule has 0 aromatic heterocycles. The molecule has 0 fully saturated rings. The van der Waals surface area contributed by atoms with Crippen LogP contribution < -0.4 is 4.90 Å². The largest absolute Gasteiger partial charge is 0.478 e. The predicted octanol–water partition coefficient (Wildman–Crippen LogP) is 3.32. The van der Waals surface area contributed by atoms with Crippen LogP contribution in [-0.4, -0.2) is 28.6 Å². The first kappa shape index (κ1) is 16.7. The van der Waals surface area contributed by atoms with Crippen molar-refractivity contribution in [1.82, 2.24) is 0 Å². The van der Waals surface area contributed by atoms with E-state index in [4.69, 9.17) is 5.11 Å². The highest BCUT2D eigenvalue weighted by Gasteiger charge is 2.16. The minimum absolute atomic E-state index is 0.0519. The van der Waals surface area contributed by atoms with Crippen molar-refractivity contribution in [2.75, 3.05) is 11.4 Å². The first-order valence-electron chi connectivity index (χ1n) is 6.83. The van der Waals surface area contributed by atoms with Gasteiger partial charge in [0.1, 0.15) is 0 Å². The van der Waals surface area contributed by atoms with E-state index in [1.807, 2.05) is 20.8 Å². The molecule has 0 saturated carbocycles. The Morgan fingerprint density at radius 3 is 2.62 bits per heavy atom. The van der Waals surface area contributed by atoms with Crippen LogP contribution in [0.15, 0.2) is 24.3 Å². The van der Waals surface area contributed by atoms with E-state index in [2.05, 4.69) is 4.90 Å². The molecule has 6 nitrogen and oxygen atoms in total. The lowest BCUT2D eigenvalue weighted by Crippen LogP contribution is -2.32. The van der Waals surface area contributed by atoms with E-state index in [1.165, 1.54) is 18.2 Å². The third kappa shape index (κ3) is 4.59. The van der Waals surface area contributed by atoms with E-state index >= 15 is 0 Å². The number of nitro benzene ring substituents is 1. The summed E-state index contributed by atoms with van der Waals surface area (Å²) in [6.07, 6.45) is 3.32. The van der Waals surface area contributed by atoms with Crippen molar-refractivity contribution in [3.8, 4) is 0 Å². The molecule has 0 atom stereocenters. The highest BCUT2D eigenvalue weighted by atomic mass is 16.6. The van der Waals surface area contributed by atoms with Crippen LogP contribution in [0, 0.1) is 10.1 Å². The van der Waals surface area contributed by atoms with Gasteiger partial charge in [-0.15, -0.1) is 0 Å². The number of aliphatic carboxylic acids is 1. The van der Waals surface area contributed by atoms with Crippen molar-refractivity contribution < 1.29 is 14.8 Å². The van der Waals surface area contributed by atoms with E-state index in [0.717, 1.165) is 24.7 Å². The van der Waals surface area contributed by atoms with Crippen molar-refractivity contribution >= 4 is 23.4 Å². The highest BCUT2D eigenvalue weighted by Crippen LogP contribution is 2.28. The van der Waals surface area contributed by atoms with Gasteiger partial charge in [0.25, 0.3) is 5.69 Å². The normalized spacial score (nSPS) is 11.0. The van der Waals surface area contributed by atoms with E-state index in [0.29, 0.717) is 5.56 Å². The number of hydrogen-bond donors (Lipinski definition) is 1. The Hall–Kier alpha value is -2.37. The molecule has 1 rings (SSSR count). The lowest BCUT2D eigenvalue weighted by Gasteiger charge is -2.30. The van der Waals surface area contributed by atoms with Crippen molar-refractivity contribution in [3.05, 3.63) is 40.0 Å². The predicted molar refractivity (Wildman–Crippen MR) is 82.5 cm³/mol. The zero-order valence-electron chi connectivity index (χ0n) is 12.4. The van der Waals surface area contributed by atoms with Gasteiger partial charge in [-0.25, -0.2) is 4.79 Å². The van der Waals surface area contributed by atoms with E-state index in [-0.39, 0.29) is 11.7 Å². The van der Waals surface area contributed by atoms with Crippen molar-refractivity contribution in [3.63, 3.8) is 0 Å². The van der Waals surface area contributed by atoms with Gasteiger partial charge in [0, 0.05) is 42.0 Å². The summed E-state index contributed by atoms with van der Waals surface area (Å²) >= 11 is 0. The fourth-order valence-electron chi connectivity index (χ4n) is 2.11. The highest BCUT2D eigenvalue weighted by molar-refractivity contribution is 5.87. The van der Waals surface area contributed by atoms with Gasteiger partial charge in [0.2, 0.25) is 0 Å². The van der Waals surface area contributed by atoms with Crippen LogP contribution in [-0.2, 0) is 4.79 Å². The Bertz CT molecular complexity index is 553. The number of rotatable bonds is 7. The summed E-state index contributed by atoms with van der Waals surface area (Å²) in [6, 6.07) is 4.73. The fourth-order valence-corrected chi connectivity index (χ4v) is 2.11.